The van der Waals surface area contributed by atoms with Gasteiger partial charge in [0.05, 0.1) is 5.02 Å². The van der Waals surface area contributed by atoms with E-state index in [1.807, 2.05) is 30.3 Å². The molecule has 0 atom stereocenters. The zero-order valence-electron chi connectivity index (χ0n) is 8.68. The number of H-pyrrole nitrogens is 1. The van der Waals surface area contributed by atoms with Gasteiger partial charge in [0.1, 0.15) is 16.8 Å². The average Bonchev–Trinajstić information content (AvgIpc) is 2.78. The smallest absolute Gasteiger partial charge is 0.132 e. The molecule has 0 unspecified atom stereocenters. The van der Waals surface area contributed by atoms with Crippen molar-refractivity contribution < 1.29 is 5.11 Å². The highest BCUT2D eigenvalue weighted by molar-refractivity contribution is 6.38. The monoisotopic (exact) mass is 245 g/mol. The fourth-order valence-electron chi connectivity index (χ4n) is 1.81. The average molecular weight is 246 g/mol. The standard InChI is InChI=1S/C12H8ClN3O/c13-11-10(7-4-2-1-3-5-7)9(17)6-8-12(11)15-16-14-8/h1-6,17H,(H,14,15,16). The number of halogens is 1. The Kier molecular flexibility index (Phi) is 2.23. The van der Waals surface area contributed by atoms with Crippen LogP contribution in [0.5, 0.6) is 5.75 Å². The van der Waals surface area contributed by atoms with Gasteiger partial charge < -0.3 is 5.11 Å². The fraction of sp³-hybridized carbons (Fsp3) is 0. The molecule has 17 heavy (non-hydrogen) atoms. The maximum Gasteiger partial charge on any atom is 0.132 e. The SMILES string of the molecule is Oc1cc2n[nH]nc2c(Cl)c1-c1ccccc1. The lowest BCUT2D eigenvalue weighted by Gasteiger charge is -2.07. The number of nitrogens with one attached hydrogen (secondary N) is 1. The van der Waals surface area contributed by atoms with E-state index in [1.54, 1.807) is 6.07 Å². The Morgan fingerprint density at radius 3 is 2.65 bits per heavy atom. The summed E-state index contributed by atoms with van der Waals surface area (Å²) in [4.78, 5) is 0. The van der Waals surface area contributed by atoms with Gasteiger partial charge in [-0.3, -0.25) is 0 Å². The Morgan fingerprint density at radius 1 is 1.12 bits per heavy atom. The van der Waals surface area contributed by atoms with Crippen molar-refractivity contribution in [2.45, 2.75) is 0 Å². The van der Waals surface area contributed by atoms with Crippen molar-refractivity contribution in [2.75, 3.05) is 0 Å². The Labute approximate surface area is 102 Å². The van der Waals surface area contributed by atoms with E-state index in [2.05, 4.69) is 15.4 Å². The van der Waals surface area contributed by atoms with Crippen molar-refractivity contribution in [3.8, 4) is 16.9 Å². The molecule has 3 aromatic rings. The number of phenols is 1. The second kappa shape index (κ2) is 3.75. The molecular formula is C12H8ClN3O. The summed E-state index contributed by atoms with van der Waals surface area (Å²) in [6.07, 6.45) is 0. The number of nitrogens with zero attached hydrogens (tertiary/aromatic N) is 2. The molecule has 2 N–H and O–H groups in total. The molecule has 1 heterocycles. The van der Waals surface area contributed by atoms with E-state index in [-0.39, 0.29) is 5.75 Å². The molecule has 0 bridgehead atoms. The first kappa shape index (κ1) is 10.1. The number of fused-ring (bicyclic) bond motifs is 1. The van der Waals surface area contributed by atoms with Crippen LogP contribution in [0.2, 0.25) is 5.02 Å². The van der Waals surface area contributed by atoms with Crippen molar-refractivity contribution in [3.05, 3.63) is 41.4 Å². The van der Waals surface area contributed by atoms with E-state index >= 15 is 0 Å². The Bertz CT molecular complexity index is 679. The topological polar surface area (TPSA) is 61.8 Å². The Hall–Kier alpha value is -2.07. The fourth-order valence-corrected chi connectivity index (χ4v) is 2.16. The highest BCUT2D eigenvalue weighted by Gasteiger charge is 2.15. The molecule has 0 spiro atoms. The van der Waals surface area contributed by atoms with Gasteiger partial charge in [0.15, 0.2) is 0 Å². The molecule has 0 saturated carbocycles. The maximum atomic E-state index is 10.00. The van der Waals surface area contributed by atoms with Gasteiger partial charge in [0.2, 0.25) is 0 Å². The highest BCUT2D eigenvalue weighted by Crippen LogP contribution is 2.39. The number of hydrogen-bond donors (Lipinski definition) is 2. The van der Waals surface area contributed by atoms with Crippen LogP contribution in [0.1, 0.15) is 0 Å². The molecule has 0 aliphatic carbocycles. The molecule has 0 saturated heterocycles. The van der Waals surface area contributed by atoms with Crippen molar-refractivity contribution in [1.82, 2.24) is 15.4 Å². The number of rotatable bonds is 1. The van der Waals surface area contributed by atoms with Crippen molar-refractivity contribution in [2.24, 2.45) is 0 Å². The summed E-state index contributed by atoms with van der Waals surface area (Å²) in [6.45, 7) is 0. The van der Waals surface area contributed by atoms with E-state index in [1.165, 1.54) is 0 Å². The summed E-state index contributed by atoms with van der Waals surface area (Å²) in [5.74, 6) is 0.0996. The highest BCUT2D eigenvalue weighted by atomic mass is 35.5. The second-order valence-electron chi connectivity index (χ2n) is 3.64. The number of aromatic hydroxyl groups is 1. The number of benzene rings is 2. The van der Waals surface area contributed by atoms with E-state index < -0.39 is 0 Å². The van der Waals surface area contributed by atoms with Gasteiger partial charge in [0.25, 0.3) is 0 Å². The number of aromatic nitrogens is 3. The predicted molar refractivity (Wildman–Crippen MR) is 66.0 cm³/mol. The Balaban J connectivity index is 2.36. The third kappa shape index (κ3) is 1.54. The minimum absolute atomic E-state index is 0.0996. The van der Waals surface area contributed by atoms with E-state index in [4.69, 9.17) is 11.6 Å². The van der Waals surface area contributed by atoms with Crippen molar-refractivity contribution in [1.29, 1.82) is 0 Å². The lowest BCUT2D eigenvalue weighted by atomic mass is 10.0. The van der Waals surface area contributed by atoms with Gasteiger partial charge in [-0.05, 0) is 5.56 Å². The molecule has 4 nitrogen and oxygen atoms in total. The van der Waals surface area contributed by atoms with Crippen LogP contribution < -0.4 is 0 Å². The first-order chi connectivity index (χ1) is 8.27. The Morgan fingerprint density at radius 2 is 1.88 bits per heavy atom. The zero-order valence-corrected chi connectivity index (χ0v) is 9.44. The van der Waals surface area contributed by atoms with Gasteiger partial charge in [-0.25, -0.2) is 0 Å². The summed E-state index contributed by atoms with van der Waals surface area (Å²) in [6, 6.07) is 11.0. The van der Waals surface area contributed by atoms with Crippen molar-refractivity contribution >= 4 is 22.6 Å². The summed E-state index contributed by atoms with van der Waals surface area (Å²) in [5.41, 5.74) is 2.53. The molecule has 0 fully saturated rings. The molecule has 84 valence electrons. The molecular weight excluding hydrogens is 238 g/mol. The molecule has 1 aromatic heterocycles. The van der Waals surface area contributed by atoms with Crippen LogP contribution in [0.3, 0.4) is 0 Å². The minimum Gasteiger partial charge on any atom is -0.507 e. The van der Waals surface area contributed by atoms with E-state index in [0.717, 1.165) is 5.56 Å². The van der Waals surface area contributed by atoms with Crippen LogP contribution in [-0.2, 0) is 0 Å². The molecule has 0 aliphatic rings. The van der Waals surface area contributed by atoms with Crippen LogP contribution >= 0.6 is 11.6 Å². The second-order valence-corrected chi connectivity index (χ2v) is 4.02. The maximum absolute atomic E-state index is 10.00. The van der Waals surface area contributed by atoms with E-state index in [0.29, 0.717) is 21.6 Å². The minimum atomic E-state index is 0.0996. The third-order valence-corrected chi connectivity index (χ3v) is 2.96. The number of aromatic amines is 1. The molecule has 5 heteroatoms. The summed E-state index contributed by atoms with van der Waals surface area (Å²) in [5, 5.41) is 20.7. The van der Waals surface area contributed by atoms with Gasteiger partial charge >= 0.3 is 0 Å². The van der Waals surface area contributed by atoms with Gasteiger partial charge in [-0.15, -0.1) is 0 Å². The van der Waals surface area contributed by atoms with E-state index in [9.17, 15) is 5.11 Å². The normalized spacial score (nSPS) is 10.9. The molecule has 3 rings (SSSR count). The summed E-state index contributed by atoms with van der Waals surface area (Å²) < 4.78 is 0. The number of phenolic OH excluding ortho intramolecular Hbond substituents is 1. The lowest BCUT2D eigenvalue weighted by Crippen LogP contribution is -1.83. The predicted octanol–water partition coefficient (Wildman–Crippen LogP) is 2.98. The van der Waals surface area contributed by atoms with Crippen LogP contribution in [0.15, 0.2) is 36.4 Å². The van der Waals surface area contributed by atoms with Crippen LogP contribution in [0.25, 0.3) is 22.2 Å². The first-order valence-electron chi connectivity index (χ1n) is 5.05. The molecule has 0 aliphatic heterocycles. The largest absolute Gasteiger partial charge is 0.507 e. The lowest BCUT2D eigenvalue weighted by molar-refractivity contribution is 0.478. The van der Waals surface area contributed by atoms with Crippen LogP contribution in [0, 0.1) is 0 Å². The summed E-state index contributed by atoms with van der Waals surface area (Å²) in [7, 11) is 0. The zero-order chi connectivity index (χ0) is 11.8. The molecule has 0 radical (unpaired) electrons. The quantitative estimate of drug-likeness (QED) is 0.693. The summed E-state index contributed by atoms with van der Waals surface area (Å²) >= 11 is 6.24. The molecule has 0 amide bonds. The third-order valence-electron chi connectivity index (χ3n) is 2.59. The van der Waals surface area contributed by atoms with Gasteiger partial charge in [-0.2, -0.15) is 15.4 Å². The van der Waals surface area contributed by atoms with Crippen LogP contribution in [0.4, 0.5) is 0 Å². The van der Waals surface area contributed by atoms with Crippen molar-refractivity contribution in [3.63, 3.8) is 0 Å². The van der Waals surface area contributed by atoms with Gasteiger partial charge in [0, 0.05) is 11.6 Å². The van der Waals surface area contributed by atoms with Crippen LogP contribution in [-0.4, -0.2) is 20.5 Å². The number of hydrogen-bond acceptors (Lipinski definition) is 3. The molecule has 2 aromatic carbocycles. The first-order valence-corrected chi connectivity index (χ1v) is 5.42. The van der Waals surface area contributed by atoms with Gasteiger partial charge in [-0.1, -0.05) is 41.9 Å².